The number of hydrogen-bond acceptors (Lipinski definition) is 3. The summed E-state index contributed by atoms with van der Waals surface area (Å²) in [5, 5.41) is 0. The van der Waals surface area contributed by atoms with E-state index >= 15 is 0 Å². The molecule has 2 nitrogen and oxygen atoms in total. The normalized spacial score (nSPS) is 10.3. The maximum atomic E-state index is 5.53. The van der Waals surface area contributed by atoms with Crippen molar-refractivity contribution in [3.63, 3.8) is 0 Å². The molecule has 16 heavy (non-hydrogen) atoms. The molecule has 0 amide bonds. The zero-order valence-electron chi connectivity index (χ0n) is 9.18. The molecule has 2 rings (SSSR count). The molecule has 0 bridgehead atoms. The van der Waals surface area contributed by atoms with E-state index in [9.17, 15) is 0 Å². The summed E-state index contributed by atoms with van der Waals surface area (Å²) in [5.41, 5.74) is 8.02. The number of hydrogen-bond donors (Lipinski definition) is 1. The molecule has 82 valence electrons. The van der Waals surface area contributed by atoms with Crippen LogP contribution in [0.3, 0.4) is 0 Å². The zero-order valence-corrected chi connectivity index (χ0v) is 10.00. The lowest BCUT2D eigenvalue weighted by molar-refractivity contribution is 1.25. The molecule has 1 heterocycles. The Bertz CT molecular complexity index is 403. The summed E-state index contributed by atoms with van der Waals surface area (Å²) in [6, 6.07) is 12.4. The third-order valence-electron chi connectivity index (χ3n) is 2.27. The SMILES string of the molecule is Cc1ccc(SCc2ccc(N)nc2)cc1. The van der Waals surface area contributed by atoms with Gasteiger partial charge in [0.2, 0.25) is 0 Å². The third-order valence-corrected chi connectivity index (χ3v) is 3.36. The molecule has 0 aliphatic rings. The van der Waals surface area contributed by atoms with Crippen LogP contribution in [-0.2, 0) is 5.75 Å². The summed E-state index contributed by atoms with van der Waals surface area (Å²) < 4.78 is 0. The predicted octanol–water partition coefficient (Wildman–Crippen LogP) is 3.26. The molecule has 0 saturated carbocycles. The smallest absolute Gasteiger partial charge is 0.123 e. The Balaban J connectivity index is 1.97. The number of aryl methyl sites for hydroxylation is 1. The van der Waals surface area contributed by atoms with E-state index in [4.69, 9.17) is 5.73 Å². The Kier molecular flexibility index (Phi) is 3.47. The van der Waals surface area contributed by atoms with Gasteiger partial charge >= 0.3 is 0 Å². The first-order valence-electron chi connectivity index (χ1n) is 5.14. The molecule has 0 atom stereocenters. The van der Waals surface area contributed by atoms with Gasteiger partial charge in [0.1, 0.15) is 5.82 Å². The van der Waals surface area contributed by atoms with Crippen molar-refractivity contribution in [3.05, 3.63) is 53.7 Å². The second kappa shape index (κ2) is 5.03. The Labute approximate surface area is 99.9 Å². The Hall–Kier alpha value is -1.48. The van der Waals surface area contributed by atoms with Gasteiger partial charge in [-0.3, -0.25) is 0 Å². The number of anilines is 1. The lowest BCUT2D eigenvalue weighted by Crippen LogP contribution is -1.90. The van der Waals surface area contributed by atoms with E-state index in [1.54, 1.807) is 0 Å². The van der Waals surface area contributed by atoms with Gasteiger partial charge in [0, 0.05) is 16.8 Å². The van der Waals surface area contributed by atoms with Gasteiger partial charge in [0.25, 0.3) is 0 Å². The summed E-state index contributed by atoms with van der Waals surface area (Å²) in [4.78, 5) is 5.35. The zero-order chi connectivity index (χ0) is 11.4. The van der Waals surface area contributed by atoms with Crippen LogP contribution < -0.4 is 5.73 Å². The fourth-order valence-electron chi connectivity index (χ4n) is 1.32. The lowest BCUT2D eigenvalue weighted by Gasteiger charge is -2.02. The average molecular weight is 230 g/mol. The van der Waals surface area contributed by atoms with Gasteiger partial charge in [0.05, 0.1) is 0 Å². The van der Waals surface area contributed by atoms with Gasteiger partial charge in [-0.15, -0.1) is 11.8 Å². The molecule has 1 aromatic carbocycles. The first-order valence-corrected chi connectivity index (χ1v) is 6.12. The number of nitrogens with two attached hydrogens (primary N) is 1. The van der Waals surface area contributed by atoms with Gasteiger partial charge < -0.3 is 5.73 Å². The van der Waals surface area contributed by atoms with Crippen LogP contribution in [0, 0.1) is 6.92 Å². The van der Waals surface area contributed by atoms with E-state index < -0.39 is 0 Å². The molecule has 0 saturated heterocycles. The van der Waals surface area contributed by atoms with E-state index in [1.807, 2.05) is 30.1 Å². The number of pyridine rings is 1. The summed E-state index contributed by atoms with van der Waals surface area (Å²) in [6.07, 6.45) is 1.83. The molecular weight excluding hydrogens is 216 g/mol. The fourth-order valence-corrected chi connectivity index (χ4v) is 2.16. The van der Waals surface area contributed by atoms with Crippen LogP contribution >= 0.6 is 11.8 Å². The van der Waals surface area contributed by atoms with Crippen LogP contribution in [0.5, 0.6) is 0 Å². The summed E-state index contributed by atoms with van der Waals surface area (Å²) in [6.45, 7) is 2.10. The molecule has 0 aliphatic heterocycles. The highest BCUT2D eigenvalue weighted by molar-refractivity contribution is 7.98. The van der Waals surface area contributed by atoms with Gasteiger partial charge in [-0.05, 0) is 30.7 Å². The Morgan fingerprint density at radius 3 is 2.50 bits per heavy atom. The average Bonchev–Trinajstić information content (AvgIpc) is 2.30. The minimum atomic E-state index is 0.573. The standard InChI is InChI=1S/C13H14N2S/c1-10-2-5-12(6-3-10)16-9-11-4-7-13(14)15-8-11/h2-8H,9H2,1H3,(H2,14,15). The van der Waals surface area contributed by atoms with Gasteiger partial charge in [-0.2, -0.15) is 0 Å². The van der Waals surface area contributed by atoms with Crippen LogP contribution in [0.1, 0.15) is 11.1 Å². The third kappa shape index (κ3) is 3.00. The van der Waals surface area contributed by atoms with E-state index in [0.717, 1.165) is 5.75 Å². The molecule has 2 aromatic rings. The van der Waals surface area contributed by atoms with Crippen molar-refractivity contribution in [1.82, 2.24) is 4.98 Å². The number of nitrogens with zero attached hydrogens (tertiary/aromatic N) is 1. The number of aromatic nitrogens is 1. The van der Waals surface area contributed by atoms with Crippen molar-refractivity contribution in [1.29, 1.82) is 0 Å². The molecular formula is C13H14N2S. The molecule has 3 heteroatoms. The predicted molar refractivity (Wildman–Crippen MR) is 69.4 cm³/mol. The van der Waals surface area contributed by atoms with Gasteiger partial charge in [-0.1, -0.05) is 23.8 Å². The lowest BCUT2D eigenvalue weighted by atomic mass is 10.2. The minimum Gasteiger partial charge on any atom is -0.384 e. The van der Waals surface area contributed by atoms with Crippen molar-refractivity contribution >= 4 is 17.6 Å². The first-order chi connectivity index (χ1) is 7.74. The number of rotatable bonds is 3. The van der Waals surface area contributed by atoms with Gasteiger partial charge in [-0.25, -0.2) is 4.98 Å². The topological polar surface area (TPSA) is 38.9 Å². The van der Waals surface area contributed by atoms with Crippen molar-refractivity contribution in [3.8, 4) is 0 Å². The second-order valence-electron chi connectivity index (χ2n) is 3.69. The van der Waals surface area contributed by atoms with Crippen molar-refractivity contribution < 1.29 is 0 Å². The fraction of sp³-hybridized carbons (Fsp3) is 0.154. The molecule has 0 fully saturated rings. The molecule has 0 unspecified atom stereocenters. The maximum Gasteiger partial charge on any atom is 0.123 e. The minimum absolute atomic E-state index is 0.573. The Morgan fingerprint density at radius 1 is 1.12 bits per heavy atom. The van der Waals surface area contributed by atoms with Crippen LogP contribution in [-0.4, -0.2) is 4.98 Å². The van der Waals surface area contributed by atoms with E-state index in [1.165, 1.54) is 16.0 Å². The van der Waals surface area contributed by atoms with Crippen LogP contribution in [0.25, 0.3) is 0 Å². The number of thioether (sulfide) groups is 1. The van der Waals surface area contributed by atoms with Crippen molar-refractivity contribution in [2.24, 2.45) is 0 Å². The van der Waals surface area contributed by atoms with Crippen molar-refractivity contribution in [2.45, 2.75) is 17.6 Å². The Morgan fingerprint density at radius 2 is 1.88 bits per heavy atom. The molecule has 0 radical (unpaired) electrons. The van der Waals surface area contributed by atoms with E-state index in [0.29, 0.717) is 5.82 Å². The highest BCUT2D eigenvalue weighted by atomic mass is 32.2. The summed E-state index contributed by atoms with van der Waals surface area (Å²) in [7, 11) is 0. The quantitative estimate of drug-likeness (QED) is 0.822. The maximum absolute atomic E-state index is 5.53. The summed E-state index contributed by atoms with van der Waals surface area (Å²) in [5.74, 6) is 1.50. The highest BCUT2D eigenvalue weighted by Gasteiger charge is 1.96. The van der Waals surface area contributed by atoms with Gasteiger partial charge in [0.15, 0.2) is 0 Å². The van der Waals surface area contributed by atoms with Crippen LogP contribution in [0.4, 0.5) is 5.82 Å². The molecule has 2 N–H and O–H groups in total. The van der Waals surface area contributed by atoms with Crippen LogP contribution in [0.2, 0.25) is 0 Å². The van der Waals surface area contributed by atoms with E-state index in [-0.39, 0.29) is 0 Å². The second-order valence-corrected chi connectivity index (χ2v) is 4.74. The summed E-state index contributed by atoms with van der Waals surface area (Å²) >= 11 is 1.81. The highest BCUT2D eigenvalue weighted by Crippen LogP contribution is 2.22. The van der Waals surface area contributed by atoms with E-state index in [2.05, 4.69) is 36.2 Å². The first kappa shape index (κ1) is 11.0. The number of nitrogen functional groups attached to an aromatic ring is 1. The molecule has 1 aromatic heterocycles. The van der Waals surface area contributed by atoms with Crippen molar-refractivity contribution in [2.75, 3.05) is 5.73 Å². The van der Waals surface area contributed by atoms with Crippen LogP contribution in [0.15, 0.2) is 47.5 Å². The molecule has 0 spiro atoms. The largest absolute Gasteiger partial charge is 0.384 e. The monoisotopic (exact) mass is 230 g/mol. The number of benzene rings is 1. The molecule has 0 aliphatic carbocycles.